The summed E-state index contributed by atoms with van der Waals surface area (Å²) in [5.41, 5.74) is 6.12. The molecule has 0 bridgehead atoms. The first-order chi connectivity index (χ1) is 15.9. The minimum Gasteiger partial charge on any atom is -0.307 e. The van der Waals surface area contributed by atoms with Crippen LogP contribution in [0.2, 0.25) is 0 Å². The molecular weight excluding hydrogens is 426 g/mol. The fourth-order valence-electron chi connectivity index (χ4n) is 3.89. The first-order valence-corrected chi connectivity index (χ1v) is 12.1. The standard InChI is InChI=1S/C28H29N3OS/c1-18(2)22-16-11-17-23(19(3)4)25(22)29-27(32)31-28-30-24(20-12-7-5-8-13-20)26(33-28)21-14-9-6-10-15-21/h5-19H,1-4H3,(H2,29,30,31,32). The number of rotatable bonds is 6. The Hall–Kier alpha value is -3.44. The van der Waals surface area contributed by atoms with Crippen molar-refractivity contribution >= 4 is 28.2 Å². The SMILES string of the molecule is CC(C)c1cccc(C(C)C)c1NC(=O)Nc1nc(-c2ccccc2)c(-c2ccccc2)s1. The van der Waals surface area contributed by atoms with Crippen LogP contribution in [0, 0.1) is 0 Å². The van der Waals surface area contributed by atoms with Gasteiger partial charge >= 0.3 is 6.03 Å². The molecular formula is C28H29N3OS. The quantitative estimate of drug-likeness (QED) is 0.307. The average molecular weight is 456 g/mol. The zero-order valence-electron chi connectivity index (χ0n) is 19.4. The maximum Gasteiger partial charge on any atom is 0.325 e. The lowest BCUT2D eigenvalue weighted by molar-refractivity contribution is 0.262. The largest absolute Gasteiger partial charge is 0.325 e. The van der Waals surface area contributed by atoms with Gasteiger partial charge in [0.05, 0.1) is 10.6 Å². The first-order valence-electron chi connectivity index (χ1n) is 11.3. The van der Waals surface area contributed by atoms with Gasteiger partial charge in [-0.15, -0.1) is 0 Å². The smallest absolute Gasteiger partial charge is 0.307 e. The van der Waals surface area contributed by atoms with Gasteiger partial charge in [0.15, 0.2) is 5.13 Å². The van der Waals surface area contributed by atoms with E-state index in [1.54, 1.807) is 0 Å². The fourth-order valence-corrected chi connectivity index (χ4v) is 4.88. The molecule has 4 nitrogen and oxygen atoms in total. The van der Waals surface area contributed by atoms with Crippen molar-refractivity contribution in [1.29, 1.82) is 0 Å². The number of benzene rings is 3. The molecule has 1 aromatic heterocycles. The third kappa shape index (κ3) is 5.15. The molecule has 5 heteroatoms. The van der Waals surface area contributed by atoms with Gasteiger partial charge < -0.3 is 5.32 Å². The maximum atomic E-state index is 13.1. The first kappa shape index (κ1) is 22.7. The van der Waals surface area contributed by atoms with Crippen molar-refractivity contribution < 1.29 is 4.79 Å². The molecule has 4 aromatic rings. The fraction of sp³-hybridized carbons (Fsp3) is 0.214. The Balaban J connectivity index is 1.66. The molecule has 1 heterocycles. The topological polar surface area (TPSA) is 54.0 Å². The number of amides is 2. The Morgan fingerprint density at radius 3 is 1.82 bits per heavy atom. The second-order valence-corrected chi connectivity index (χ2v) is 9.63. The van der Waals surface area contributed by atoms with Crippen LogP contribution in [0.5, 0.6) is 0 Å². The van der Waals surface area contributed by atoms with Crippen LogP contribution in [0.4, 0.5) is 15.6 Å². The number of hydrogen-bond acceptors (Lipinski definition) is 3. The Morgan fingerprint density at radius 2 is 1.27 bits per heavy atom. The molecule has 33 heavy (non-hydrogen) atoms. The van der Waals surface area contributed by atoms with E-state index in [1.807, 2.05) is 48.5 Å². The molecule has 3 aromatic carbocycles. The summed E-state index contributed by atoms with van der Waals surface area (Å²) in [6.07, 6.45) is 0. The lowest BCUT2D eigenvalue weighted by Gasteiger charge is -2.20. The van der Waals surface area contributed by atoms with E-state index >= 15 is 0 Å². The van der Waals surface area contributed by atoms with Crippen molar-refractivity contribution in [2.45, 2.75) is 39.5 Å². The van der Waals surface area contributed by atoms with E-state index in [0.29, 0.717) is 17.0 Å². The summed E-state index contributed by atoms with van der Waals surface area (Å²) in [5, 5.41) is 6.66. The van der Waals surface area contributed by atoms with Crippen LogP contribution in [0.3, 0.4) is 0 Å². The number of urea groups is 1. The number of carbonyl (C=O) groups excluding carboxylic acids is 1. The lowest BCUT2D eigenvalue weighted by atomic mass is 9.93. The van der Waals surface area contributed by atoms with E-state index in [9.17, 15) is 4.79 Å². The highest BCUT2D eigenvalue weighted by atomic mass is 32.1. The van der Waals surface area contributed by atoms with E-state index in [0.717, 1.165) is 38.5 Å². The Bertz CT molecular complexity index is 1150. The summed E-state index contributed by atoms with van der Waals surface area (Å²) < 4.78 is 0. The number of nitrogens with zero attached hydrogens (tertiary/aromatic N) is 1. The molecule has 0 unspecified atom stereocenters. The van der Waals surface area contributed by atoms with Gasteiger partial charge in [-0.3, -0.25) is 5.32 Å². The molecule has 4 rings (SSSR count). The maximum absolute atomic E-state index is 13.1. The molecule has 0 atom stereocenters. The Labute approximate surface area is 199 Å². The second kappa shape index (κ2) is 10.0. The van der Waals surface area contributed by atoms with Crippen LogP contribution in [0.1, 0.15) is 50.7 Å². The molecule has 2 N–H and O–H groups in total. The van der Waals surface area contributed by atoms with Gasteiger partial charge in [-0.2, -0.15) is 0 Å². The second-order valence-electron chi connectivity index (χ2n) is 8.63. The normalized spacial score (nSPS) is 11.1. The molecule has 0 radical (unpaired) electrons. The predicted molar refractivity (Wildman–Crippen MR) is 140 cm³/mol. The van der Waals surface area contributed by atoms with Crippen molar-refractivity contribution in [2.24, 2.45) is 0 Å². The third-order valence-electron chi connectivity index (χ3n) is 5.54. The predicted octanol–water partition coefficient (Wildman–Crippen LogP) is 8.37. The van der Waals surface area contributed by atoms with Gasteiger partial charge in [0.2, 0.25) is 0 Å². The van der Waals surface area contributed by atoms with E-state index in [4.69, 9.17) is 4.98 Å². The van der Waals surface area contributed by atoms with Gasteiger partial charge in [-0.05, 0) is 28.5 Å². The molecule has 0 saturated carbocycles. The van der Waals surface area contributed by atoms with E-state index in [1.165, 1.54) is 11.3 Å². The number of carbonyl (C=O) groups is 1. The average Bonchev–Trinajstić information content (AvgIpc) is 3.23. The zero-order valence-corrected chi connectivity index (χ0v) is 20.2. The van der Waals surface area contributed by atoms with Crippen LogP contribution < -0.4 is 10.6 Å². The highest BCUT2D eigenvalue weighted by Crippen LogP contribution is 2.39. The highest BCUT2D eigenvalue weighted by Gasteiger charge is 2.19. The minimum absolute atomic E-state index is 0.280. The number of para-hydroxylation sites is 1. The third-order valence-corrected chi connectivity index (χ3v) is 6.56. The Kier molecular flexibility index (Phi) is 6.90. The van der Waals surface area contributed by atoms with Gasteiger partial charge in [0.25, 0.3) is 0 Å². The highest BCUT2D eigenvalue weighted by molar-refractivity contribution is 7.19. The van der Waals surface area contributed by atoms with Crippen LogP contribution in [0.15, 0.2) is 78.9 Å². The van der Waals surface area contributed by atoms with E-state index in [-0.39, 0.29) is 6.03 Å². The lowest BCUT2D eigenvalue weighted by Crippen LogP contribution is -2.21. The molecule has 0 saturated heterocycles. The van der Waals surface area contributed by atoms with Gasteiger partial charge in [0, 0.05) is 11.3 Å². The van der Waals surface area contributed by atoms with Gasteiger partial charge in [-0.25, -0.2) is 9.78 Å². The van der Waals surface area contributed by atoms with Crippen molar-refractivity contribution in [3.63, 3.8) is 0 Å². The van der Waals surface area contributed by atoms with Crippen molar-refractivity contribution in [3.8, 4) is 21.7 Å². The molecule has 0 fully saturated rings. The monoisotopic (exact) mass is 455 g/mol. The number of thiazole rings is 1. The summed E-state index contributed by atoms with van der Waals surface area (Å²) in [6, 6.07) is 26.2. The molecule has 0 aliphatic heterocycles. The molecule has 168 valence electrons. The Morgan fingerprint density at radius 1 is 0.727 bits per heavy atom. The van der Waals surface area contributed by atoms with E-state index in [2.05, 4.69) is 68.7 Å². The molecule has 0 spiro atoms. The zero-order chi connectivity index (χ0) is 23.4. The van der Waals surface area contributed by atoms with Gasteiger partial charge in [0.1, 0.15) is 0 Å². The van der Waals surface area contributed by atoms with Gasteiger partial charge in [-0.1, -0.05) is 118 Å². The number of aromatic nitrogens is 1. The van der Waals surface area contributed by atoms with Crippen molar-refractivity contribution in [3.05, 3.63) is 90.0 Å². The summed E-state index contributed by atoms with van der Waals surface area (Å²) >= 11 is 1.48. The number of nitrogens with one attached hydrogen (secondary N) is 2. The summed E-state index contributed by atoms with van der Waals surface area (Å²) in [7, 11) is 0. The molecule has 2 amide bonds. The number of anilines is 2. The van der Waals surface area contributed by atoms with Crippen LogP contribution in [0.25, 0.3) is 21.7 Å². The molecule has 0 aliphatic rings. The summed E-state index contributed by atoms with van der Waals surface area (Å²) in [4.78, 5) is 18.9. The van der Waals surface area contributed by atoms with Crippen LogP contribution >= 0.6 is 11.3 Å². The van der Waals surface area contributed by atoms with Crippen LogP contribution in [-0.4, -0.2) is 11.0 Å². The minimum atomic E-state index is -0.280. The summed E-state index contributed by atoms with van der Waals surface area (Å²) in [5.74, 6) is 0.599. The summed E-state index contributed by atoms with van der Waals surface area (Å²) in [6.45, 7) is 8.56. The molecule has 0 aliphatic carbocycles. The van der Waals surface area contributed by atoms with Crippen LogP contribution in [-0.2, 0) is 0 Å². The van der Waals surface area contributed by atoms with Crippen molar-refractivity contribution in [2.75, 3.05) is 10.6 Å². The van der Waals surface area contributed by atoms with Crippen molar-refractivity contribution in [1.82, 2.24) is 4.98 Å². The number of hydrogen-bond donors (Lipinski definition) is 2. The van der Waals surface area contributed by atoms with E-state index < -0.39 is 0 Å².